The van der Waals surface area contributed by atoms with Gasteiger partial charge in [-0.15, -0.1) is 0 Å². The van der Waals surface area contributed by atoms with Gasteiger partial charge in [0.1, 0.15) is 11.6 Å². The number of para-hydroxylation sites is 1. The normalized spacial score (nSPS) is 16.2. The lowest BCUT2D eigenvalue weighted by Gasteiger charge is -2.31. The first kappa shape index (κ1) is 18.3. The highest BCUT2D eigenvalue weighted by molar-refractivity contribution is 7.99. The van der Waals surface area contributed by atoms with Crippen LogP contribution in [-0.4, -0.2) is 42.8 Å². The van der Waals surface area contributed by atoms with E-state index in [0.29, 0.717) is 10.6 Å². The van der Waals surface area contributed by atoms with Crippen LogP contribution in [0.1, 0.15) is 30.1 Å². The zero-order chi connectivity index (χ0) is 18.8. The largest absolute Gasteiger partial charge is 0.337 e. The van der Waals surface area contributed by atoms with Crippen molar-refractivity contribution in [2.24, 2.45) is 7.05 Å². The number of imidazole rings is 1. The lowest BCUT2D eigenvalue weighted by molar-refractivity contribution is 0.218. The van der Waals surface area contributed by atoms with Crippen LogP contribution in [0.15, 0.2) is 35.4 Å². The summed E-state index contributed by atoms with van der Waals surface area (Å²) >= 11 is 1.91. The summed E-state index contributed by atoms with van der Waals surface area (Å²) in [6.07, 6.45) is 6.17. The second-order valence-corrected chi connectivity index (χ2v) is 8.51. The summed E-state index contributed by atoms with van der Waals surface area (Å²) in [5.41, 5.74) is 1.83. The molecule has 0 radical (unpaired) electrons. The van der Waals surface area contributed by atoms with Crippen molar-refractivity contribution in [1.82, 2.24) is 24.4 Å². The van der Waals surface area contributed by atoms with Gasteiger partial charge in [0.15, 0.2) is 0 Å². The molecule has 3 aromatic rings. The number of rotatable bonds is 5. The highest BCUT2D eigenvalue weighted by Crippen LogP contribution is 2.26. The molecule has 4 rings (SSSR count). The summed E-state index contributed by atoms with van der Waals surface area (Å²) in [4.78, 5) is 26.8. The lowest BCUT2D eigenvalue weighted by atomic mass is 10.1. The van der Waals surface area contributed by atoms with Crippen LogP contribution in [0.25, 0.3) is 10.9 Å². The molecular formula is C20H25N5OS. The number of likely N-dealkylation sites (tertiary alicyclic amines) is 1. The highest BCUT2D eigenvalue weighted by Gasteiger charge is 2.21. The number of piperidine rings is 1. The Balaban J connectivity index is 1.34. The van der Waals surface area contributed by atoms with Crippen LogP contribution in [0, 0.1) is 6.92 Å². The molecule has 0 unspecified atom stereocenters. The first-order chi connectivity index (χ1) is 13.1. The van der Waals surface area contributed by atoms with Crippen LogP contribution in [0.4, 0.5) is 0 Å². The Morgan fingerprint density at radius 2 is 2.11 bits per heavy atom. The van der Waals surface area contributed by atoms with E-state index in [0.717, 1.165) is 61.0 Å². The maximum absolute atomic E-state index is 12.3. The van der Waals surface area contributed by atoms with Gasteiger partial charge >= 0.3 is 0 Å². The summed E-state index contributed by atoms with van der Waals surface area (Å²) in [7, 11) is 2.05. The van der Waals surface area contributed by atoms with Crippen molar-refractivity contribution < 1.29 is 0 Å². The van der Waals surface area contributed by atoms with Gasteiger partial charge in [0.25, 0.3) is 5.56 Å². The molecule has 7 heteroatoms. The van der Waals surface area contributed by atoms with Gasteiger partial charge in [0.05, 0.1) is 23.2 Å². The quantitative estimate of drug-likeness (QED) is 0.734. The summed E-state index contributed by atoms with van der Waals surface area (Å²) in [6, 6.07) is 5.74. The Bertz CT molecular complexity index is 987. The molecule has 1 N–H and O–H groups in total. The van der Waals surface area contributed by atoms with Crippen LogP contribution < -0.4 is 5.56 Å². The van der Waals surface area contributed by atoms with E-state index in [1.807, 2.05) is 56.3 Å². The third-order valence-electron chi connectivity index (χ3n) is 5.26. The number of hydrogen-bond acceptors (Lipinski definition) is 5. The predicted molar refractivity (Wildman–Crippen MR) is 110 cm³/mol. The van der Waals surface area contributed by atoms with Crippen LogP contribution in [0.5, 0.6) is 0 Å². The Kier molecular flexibility index (Phi) is 5.31. The van der Waals surface area contributed by atoms with Crippen LogP contribution >= 0.6 is 11.8 Å². The fraction of sp³-hybridized carbons (Fsp3) is 0.450. The van der Waals surface area contributed by atoms with Gasteiger partial charge < -0.3 is 9.55 Å². The summed E-state index contributed by atoms with van der Waals surface area (Å²) < 4.78 is 2.09. The lowest BCUT2D eigenvalue weighted by Crippen LogP contribution is -2.35. The van der Waals surface area contributed by atoms with Crippen molar-refractivity contribution in [3.05, 3.63) is 58.2 Å². The van der Waals surface area contributed by atoms with Gasteiger partial charge in [-0.05, 0) is 44.5 Å². The minimum atomic E-state index is -0.0378. The smallest absolute Gasteiger partial charge is 0.258 e. The zero-order valence-electron chi connectivity index (χ0n) is 15.8. The maximum atomic E-state index is 12.3. The van der Waals surface area contributed by atoms with Gasteiger partial charge in [0.2, 0.25) is 0 Å². The fourth-order valence-electron chi connectivity index (χ4n) is 3.60. The van der Waals surface area contributed by atoms with E-state index in [1.165, 1.54) is 0 Å². The first-order valence-corrected chi connectivity index (χ1v) is 10.4. The Morgan fingerprint density at radius 1 is 1.30 bits per heavy atom. The fourth-order valence-corrected chi connectivity index (χ4v) is 4.67. The maximum Gasteiger partial charge on any atom is 0.258 e. The van der Waals surface area contributed by atoms with Crippen LogP contribution in [0.2, 0.25) is 0 Å². The monoisotopic (exact) mass is 383 g/mol. The van der Waals surface area contributed by atoms with E-state index < -0.39 is 0 Å². The van der Waals surface area contributed by atoms with Crippen molar-refractivity contribution in [1.29, 1.82) is 0 Å². The minimum absolute atomic E-state index is 0.0378. The van der Waals surface area contributed by atoms with E-state index in [2.05, 4.69) is 19.4 Å². The second-order valence-electron chi connectivity index (χ2n) is 7.22. The van der Waals surface area contributed by atoms with Crippen molar-refractivity contribution in [3.8, 4) is 0 Å². The molecule has 6 nitrogen and oxygen atoms in total. The van der Waals surface area contributed by atoms with E-state index in [-0.39, 0.29) is 5.56 Å². The Hall–Kier alpha value is -2.12. The molecule has 3 heterocycles. The van der Waals surface area contributed by atoms with E-state index in [9.17, 15) is 4.79 Å². The number of hydrogen-bond donors (Lipinski definition) is 1. The molecule has 1 fully saturated rings. The summed E-state index contributed by atoms with van der Waals surface area (Å²) in [6.45, 7) is 5.10. The van der Waals surface area contributed by atoms with E-state index in [1.54, 1.807) is 0 Å². The molecule has 1 aliphatic rings. The third-order valence-corrected chi connectivity index (χ3v) is 6.65. The van der Waals surface area contributed by atoms with E-state index >= 15 is 0 Å². The number of H-pyrrole nitrogens is 1. The predicted octanol–water partition coefficient (Wildman–Crippen LogP) is 2.86. The number of aromatic nitrogens is 4. The molecule has 1 saturated heterocycles. The number of nitrogens with zero attached hydrogens (tertiary/aromatic N) is 4. The molecule has 2 aromatic heterocycles. The Morgan fingerprint density at radius 3 is 2.85 bits per heavy atom. The van der Waals surface area contributed by atoms with Crippen LogP contribution in [0.3, 0.4) is 0 Å². The minimum Gasteiger partial charge on any atom is -0.337 e. The zero-order valence-corrected chi connectivity index (χ0v) is 16.6. The van der Waals surface area contributed by atoms with Gasteiger partial charge in [0, 0.05) is 24.7 Å². The number of benzene rings is 1. The molecule has 0 saturated carbocycles. The highest BCUT2D eigenvalue weighted by atomic mass is 32.2. The van der Waals surface area contributed by atoms with Crippen molar-refractivity contribution in [3.63, 3.8) is 0 Å². The van der Waals surface area contributed by atoms with Crippen molar-refractivity contribution >= 4 is 22.7 Å². The van der Waals surface area contributed by atoms with Crippen molar-refractivity contribution in [2.75, 3.05) is 13.1 Å². The summed E-state index contributed by atoms with van der Waals surface area (Å²) in [5.74, 6) is 2.65. The third kappa shape index (κ3) is 4.09. The van der Waals surface area contributed by atoms with Crippen LogP contribution in [-0.2, 0) is 19.3 Å². The molecule has 0 bridgehead atoms. The summed E-state index contributed by atoms with van der Waals surface area (Å²) in [5, 5.41) is 1.28. The molecular weight excluding hydrogens is 358 g/mol. The number of fused-ring (bicyclic) bond motifs is 1. The second kappa shape index (κ2) is 7.86. The SMILES string of the molecule is Cc1cccc2c(=O)[nH]c(CSC3CCN(Cc4nccn4C)CC3)nc12. The molecule has 0 atom stereocenters. The van der Waals surface area contributed by atoms with Crippen molar-refractivity contribution in [2.45, 2.75) is 37.3 Å². The number of aryl methyl sites for hydroxylation is 2. The standard InChI is InChI=1S/C20H25N5OS/c1-14-4-3-5-16-19(14)22-17(23-20(16)26)13-27-15-6-9-25(10-7-15)12-18-21-8-11-24(18)2/h3-5,8,11,15H,6-7,9-10,12-13H2,1-2H3,(H,22,23,26). The molecule has 0 aliphatic carbocycles. The molecule has 27 heavy (non-hydrogen) atoms. The number of nitrogens with one attached hydrogen (secondary N) is 1. The molecule has 0 amide bonds. The number of thioether (sulfide) groups is 1. The molecule has 0 spiro atoms. The average molecular weight is 384 g/mol. The van der Waals surface area contributed by atoms with E-state index in [4.69, 9.17) is 4.98 Å². The van der Waals surface area contributed by atoms with Gasteiger partial charge in [-0.25, -0.2) is 9.97 Å². The molecule has 1 aromatic carbocycles. The van der Waals surface area contributed by atoms with Gasteiger partial charge in [-0.3, -0.25) is 9.69 Å². The van der Waals surface area contributed by atoms with Gasteiger partial charge in [-0.1, -0.05) is 12.1 Å². The van der Waals surface area contributed by atoms with Gasteiger partial charge in [-0.2, -0.15) is 11.8 Å². The molecule has 1 aliphatic heterocycles. The topological polar surface area (TPSA) is 66.8 Å². The average Bonchev–Trinajstić information content (AvgIpc) is 3.07. The molecule has 142 valence electrons. The number of aromatic amines is 1. The Labute approximate surface area is 163 Å². The first-order valence-electron chi connectivity index (χ1n) is 9.39.